The van der Waals surface area contributed by atoms with E-state index >= 15 is 0 Å². The third kappa shape index (κ3) is 1.95. The van der Waals surface area contributed by atoms with Crippen LogP contribution in [0.25, 0.3) is 22.0 Å². The second-order valence-corrected chi connectivity index (χ2v) is 4.70. The Kier molecular flexibility index (Phi) is 2.79. The molecule has 0 spiro atoms. The predicted octanol–water partition coefficient (Wildman–Crippen LogP) is 3.68. The summed E-state index contributed by atoms with van der Waals surface area (Å²) in [5.41, 5.74) is 2.61. The molecule has 0 amide bonds. The van der Waals surface area contributed by atoms with Crippen molar-refractivity contribution in [3.63, 3.8) is 0 Å². The predicted molar refractivity (Wildman–Crippen MR) is 75.3 cm³/mol. The van der Waals surface area contributed by atoms with Gasteiger partial charge < -0.3 is 9.67 Å². The first kappa shape index (κ1) is 12.4. The van der Waals surface area contributed by atoms with Crippen LogP contribution >= 0.6 is 0 Å². The lowest BCUT2D eigenvalue weighted by molar-refractivity contribution is 0.0699. The lowest BCUT2D eigenvalue weighted by Crippen LogP contribution is -1.94. The normalized spacial score (nSPS) is 10.9. The summed E-state index contributed by atoms with van der Waals surface area (Å²) in [4.78, 5) is 11.3. The zero-order valence-electron chi connectivity index (χ0n) is 10.8. The summed E-state index contributed by atoms with van der Waals surface area (Å²) < 4.78 is 15.1. The van der Waals surface area contributed by atoms with E-state index in [-0.39, 0.29) is 11.4 Å². The van der Waals surface area contributed by atoms with E-state index in [1.54, 1.807) is 36.0 Å². The molecule has 0 aliphatic carbocycles. The Balaban J connectivity index is 2.24. The molecule has 2 aromatic carbocycles. The van der Waals surface area contributed by atoms with Crippen LogP contribution in [0.5, 0.6) is 0 Å². The summed E-state index contributed by atoms with van der Waals surface area (Å²) >= 11 is 0. The molecule has 3 rings (SSSR count). The fraction of sp³-hybridized carbons (Fsp3) is 0.0625. The van der Waals surface area contributed by atoms with Crippen LogP contribution in [0.4, 0.5) is 4.39 Å². The molecule has 100 valence electrons. The van der Waals surface area contributed by atoms with Crippen LogP contribution in [-0.2, 0) is 7.05 Å². The molecule has 0 saturated carbocycles. The smallest absolute Gasteiger partial charge is 0.337 e. The molecule has 1 heterocycles. The minimum absolute atomic E-state index is 0.251. The number of fused-ring (bicyclic) bond motifs is 1. The third-order valence-corrected chi connectivity index (χ3v) is 3.38. The summed E-state index contributed by atoms with van der Waals surface area (Å²) in [6, 6.07) is 11.8. The average Bonchev–Trinajstić information content (AvgIpc) is 2.76. The first-order valence-electron chi connectivity index (χ1n) is 6.14. The van der Waals surface area contributed by atoms with E-state index < -0.39 is 5.97 Å². The highest BCUT2D eigenvalue weighted by Crippen LogP contribution is 2.28. The zero-order chi connectivity index (χ0) is 14.3. The van der Waals surface area contributed by atoms with Crippen molar-refractivity contribution < 1.29 is 14.3 Å². The van der Waals surface area contributed by atoms with Crippen LogP contribution < -0.4 is 0 Å². The van der Waals surface area contributed by atoms with Crippen molar-refractivity contribution in [1.82, 2.24) is 4.57 Å². The van der Waals surface area contributed by atoms with Crippen molar-refractivity contribution in [3.8, 4) is 11.1 Å². The topological polar surface area (TPSA) is 42.2 Å². The van der Waals surface area contributed by atoms with Gasteiger partial charge in [-0.15, -0.1) is 0 Å². The molecule has 1 aromatic heterocycles. The van der Waals surface area contributed by atoms with Gasteiger partial charge in [-0.25, -0.2) is 9.18 Å². The van der Waals surface area contributed by atoms with Gasteiger partial charge in [0.05, 0.1) is 5.56 Å². The maximum Gasteiger partial charge on any atom is 0.337 e. The van der Waals surface area contributed by atoms with Crippen molar-refractivity contribution in [3.05, 3.63) is 60.0 Å². The summed E-state index contributed by atoms with van der Waals surface area (Å²) in [7, 11) is 1.80. The van der Waals surface area contributed by atoms with Gasteiger partial charge in [-0.3, -0.25) is 0 Å². The number of carboxylic acid groups (broad SMARTS) is 1. The van der Waals surface area contributed by atoms with E-state index in [1.165, 1.54) is 12.1 Å². The highest BCUT2D eigenvalue weighted by atomic mass is 19.1. The maximum absolute atomic E-state index is 13.3. The summed E-state index contributed by atoms with van der Waals surface area (Å²) in [5, 5.41) is 9.88. The number of benzene rings is 2. The van der Waals surface area contributed by atoms with Gasteiger partial charge >= 0.3 is 5.97 Å². The highest BCUT2D eigenvalue weighted by molar-refractivity contribution is 6.04. The first-order valence-corrected chi connectivity index (χ1v) is 6.14. The van der Waals surface area contributed by atoms with Gasteiger partial charge in [0.15, 0.2) is 0 Å². The Morgan fingerprint density at radius 2 is 1.90 bits per heavy atom. The molecular weight excluding hydrogens is 257 g/mol. The van der Waals surface area contributed by atoms with Crippen molar-refractivity contribution in [1.29, 1.82) is 0 Å². The van der Waals surface area contributed by atoms with Crippen LogP contribution in [0.1, 0.15) is 10.4 Å². The Morgan fingerprint density at radius 3 is 2.60 bits per heavy atom. The minimum Gasteiger partial charge on any atom is -0.478 e. The number of aromatic carboxylic acids is 1. The second-order valence-electron chi connectivity index (χ2n) is 4.70. The number of carboxylic acids is 1. The molecule has 20 heavy (non-hydrogen) atoms. The standard InChI is InChI=1S/C16H12FNO2/c1-18-9-14(16(19)20)13-8-11(5-6-15(13)18)10-3-2-4-12(17)7-10/h2-9H,1H3,(H,19,20). The molecule has 0 saturated heterocycles. The fourth-order valence-electron chi connectivity index (χ4n) is 2.41. The molecule has 0 bridgehead atoms. The molecule has 0 unspecified atom stereocenters. The van der Waals surface area contributed by atoms with Gasteiger partial charge in [0.25, 0.3) is 0 Å². The third-order valence-electron chi connectivity index (χ3n) is 3.38. The van der Waals surface area contributed by atoms with Crippen molar-refractivity contribution >= 4 is 16.9 Å². The molecule has 4 heteroatoms. The molecular formula is C16H12FNO2. The number of hydrogen-bond acceptors (Lipinski definition) is 1. The Hall–Kier alpha value is -2.62. The van der Waals surface area contributed by atoms with E-state index in [0.29, 0.717) is 5.39 Å². The molecule has 0 atom stereocenters. The molecule has 1 N–H and O–H groups in total. The van der Waals surface area contributed by atoms with Gasteiger partial charge in [0.1, 0.15) is 5.82 Å². The molecule has 0 radical (unpaired) electrons. The van der Waals surface area contributed by atoms with Crippen molar-refractivity contribution in [2.45, 2.75) is 0 Å². The number of aryl methyl sites for hydroxylation is 1. The van der Waals surface area contributed by atoms with E-state index in [4.69, 9.17) is 0 Å². The molecule has 3 aromatic rings. The Bertz CT molecular complexity index is 820. The van der Waals surface area contributed by atoms with Gasteiger partial charge in [0, 0.05) is 24.1 Å². The van der Waals surface area contributed by atoms with Gasteiger partial charge in [0.2, 0.25) is 0 Å². The lowest BCUT2D eigenvalue weighted by Gasteiger charge is -2.03. The summed E-state index contributed by atoms with van der Waals surface area (Å²) in [6.45, 7) is 0. The fourth-order valence-corrected chi connectivity index (χ4v) is 2.41. The number of hydrogen-bond donors (Lipinski definition) is 1. The van der Waals surface area contributed by atoms with Crippen LogP contribution in [0.15, 0.2) is 48.7 Å². The van der Waals surface area contributed by atoms with Crippen molar-refractivity contribution in [2.75, 3.05) is 0 Å². The number of halogens is 1. The molecule has 0 aliphatic rings. The van der Waals surface area contributed by atoms with E-state index in [9.17, 15) is 14.3 Å². The van der Waals surface area contributed by atoms with E-state index in [1.807, 2.05) is 12.1 Å². The van der Waals surface area contributed by atoms with Crippen LogP contribution in [0.3, 0.4) is 0 Å². The molecule has 0 aliphatic heterocycles. The van der Waals surface area contributed by atoms with Gasteiger partial charge in [-0.2, -0.15) is 0 Å². The SMILES string of the molecule is Cn1cc(C(=O)O)c2cc(-c3cccc(F)c3)ccc21. The Labute approximate surface area is 114 Å². The van der Waals surface area contributed by atoms with Gasteiger partial charge in [-0.05, 0) is 35.4 Å². The van der Waals surface area contributed by atoms with Crippen molar-refractivity contribution in [2.24, 2.45) is 7.05 Å². The lowest BCUT2D eigenvalue weighted by atomic mass is 10.0. The van der Waals surface area contributed by atoms with E-state index in [0.717, 1.165) is 16.6 Å². The number of carbonyl (C=O) groups is 1. The second kappa shape index (κ2) is 4.49. The Morgan fingerprint density at radius 1 is 1.15 bits per heavy atom. The number of rotatable bonds is 2. The molecule has 0 fully saturated rings. The van der Waals surface area contributed by atoms with Gasteiger partial charge in [-0.1, -0.05) is 18.2 Å². The van der Waals surface area contributed by atoms with Crippen LogP contribution in [-0.4, -0.2) is 15.6 Å². The minimum atomic E-state index is -0.966. The summed E-state index contributed by atoms with van der Waals surface area (Å²) in [6.07, 6.45) is 1.59. The first-order chi connectivity index (χ1) is 9.56. The molecule has 3 nitrogen and oxygen atoms in total. The quantitative estimate of drug-likeness (QED) is 0.771. The van der Waals surface area contributed by atoms with Crippen LogP contribution in [0.2, 0.25) is 0 Å². The average molecular weight is 269 g/mol. The summed E-state index contributed by atoms with van der Waals surface area (Å²) in [5.74, 6) is -1.28. The maximum atomic E-state index is 13.3. The van der Waals surface area contributed by atoms with Crippen LogP contribution in [0, 0.1) is 5.82 Å². The largest absolute Gasteiger partial charge is 0.478 e. The highest BCUT2D eigenvalue weighted by Gasteiger charge is 2.13. The number of aromatic nitrogens is 1. The zero-order valence-corrected chi connectivity index (χ0v) is 10.8. The van der Waals surface area contributed by atoms with E-state index in [2.05, 4.69) is 0 Å². The monoisotopic (exact) mass is 269 g/mol. The number of nitrogens with zero attached hydrogens (tertiary/aromatic N) is 1.